The van der Waals surface area contributed by atoms with E-state index in [1.807, 2.05) is 42.5 Å². The fraction of sp³-hybridized carbons (Fsp3) is 0.120. The number of nitrogens with one attached hydrogen (secondary N) is 1. The van der Waals surface area contributed by atoms with Gasteiger partial charge in [0.1, 0.15) is 0 Å². The number of nitrogens with zero attached hydrogens (tertiary/aromatic N) is 2. The molecule has 1 aromatic heterocycles. The monoisotopic (exact) mass is 461 g/mol. The van der Waals surface area contributed by atoms with Gasteiger partial charge in [0.25, 0.3) is 5.91 Å². The summed E-state index contributed by atoms with van der Waals surface area (Å²) in [6.07, 6.45) is 0.225. The number of hydrogen-bond acceptors (Lipinski definition) is 6. The van der Waals surface area contributed by atoms with Crippen molar-refractivity contribution in [3.05, 3.63) is 89.8 Å². The number of ether oxygens (including phenoxy) is 1. The Hall–Kier alpha value is -3.97. The highest BCUT2D eigenvalue weighted by molar-refractivity contribution is 6.30. The molecular formula is C25H20ClN3O4. The lowest BCUT2D eigenvalue weighted by molar-refractivity contribution is -0.147. The van der Waals surface area contributed by atoms with Gasteiger partial charge < -0.3 is 14.6 Å². The van der Waals surface area contributed by atoms with Crippen LogP contribution in [0.1, 0.15) is 12.3 Å². The van der Waals surface area contributed by atoms with E-state index in [1.54, 1.807) is 36.4 Å². The maximum absolute atomic E-state index is 12.1. The van der Waals surface area contributed by atoms with Crippen molar-refractivity contribution in [1.29, 1.82) is 0 Å². The van der Waals surface area contributed by atoms with Gasteiger partial charge >= 0.3 is 5.97 Å². The van der Waals surface area contributed by atoms with E-state index in [1.165, 1.54) is 0 Å². The summed E-state index contributed by atoms with van der Waals surface area (Å²) in [4.78, 5) is 28.3. The first-order valence-electron chi connectivity index (χ1n) is 10.3. The van der Waals surface area contributed by atoms with Crippen LogP contribution < -0.4 is 5.32 Å². The molecule has 8 heteroatoms. The Morgan fingerprint density at radius 1 is 0.879 bits per heavy atom. The number of anilines is 1. The number of carbonyl (C=O) groups is 2. The van der Waals surface area contributed by atoms with Gasteiger partial charge in [0.15, 0.2) is 6.61 Å². The van der Waals surface area contributed by atoms with Crippen LogP contribution in [0.3, 0.4) is 0 Å². The smallest absolute Gasteiger partial charge is 0.306 e. The Morgan fingerprint density at radius 2 is 1.55 bits per heavy atom. The minimum absolute atomic E-state index is 0.0152. The Balaban J connectivity index is 1.21. The molecule has 0 spiro atoms. The van der Waals surface area contributed by atoms with Crippen LogP contribution in [-0.2, 0) is 20.7 Å². The number of esters is 1. The summed E-state index contributed by atoms with van der Waals surface area (Å²) >= 11 is 5.87. The van der Waals surface area contributed by atoms with Gasteiger partial charge in [0.05, 0.1) is 6.42 Å². The lowest BCUT2D eigenvalue weighted by atomic mass is 10.1. The van der Waals surface area contributed by atoms with Gasteiger partial charge in [-0.2, -0.15) is 4.98 Å². The molecule has 0 unspecified atom stereocenters. The summed E-state index contributed by atoms with van der Waals surface area (Å²) < 4.78 is 10.2. The van der Waals surface area contributed by atoms with Gasteiger partial charge in [0.2, 0.25) is 11.7 Å². The van der Waals surface area contributed by atoms with E-state index in [0.717, 1.165) is 16.7 Å². The van der Waals surface area contributed by atoms with Gasteiger partial charge in [-0.25, -0.2) is 0 Å². The van der Waals surface area contributed by atoms with Gasteiger partial charge in [-0.05, 0) is 47.5 Å². The van der Waals surface area contributed by atoms with Gasteiger partial charge in [0, 0.05) is 22.7 Å². The highest BCUT2D eigenvalue weighted by atomic mass is 35.5. The quantitative estimate of drug-likeness (QED) is 0.364. The van der Waals surface area contributed by atoms with E-state index >= 15 is 0 Å². The summed E-state index contributed by atoms with van der Waals surface area (Å²) in [6.45, 7) is -0.376. The summed E-state index contributed by atoms with van der Waals surface area (Å²) in [5, 5.41) is 7.21. The molecule has 7 nitrogen and oxygen atoms in total. The molecule has 4 aromatic rings. The average Bonchev–Trinajstić information content (AvgIpc) is 3.32. The van der Waals surface area contributed by atoms with Crippen LogP contribution in [0.25, 0.3) is 22.5 Å². The largest absolute Gasteiger partial charge is 0.456 e. The van der Waals surface area contributed by atoms with E-state index in [-0.39, 0.29) is 19.4 Å². The summed E-state index contributed by atoms with van der Waals surface area (Å²) in [5.41, 5.74) is 3.51. The van der Waals surface area contributed by atoms with E-state index in [2.05, 4.69) is 15.5 Å². The molecule has 1 N–H and O–H groups in total. The molecule has 33 heavy (non-hydrogen) atoms. The maximum atomic E-state index is 12.1. The van der Waals surface area contributed by atoms with Crippen LogP contribution in [0.4, 0.5) is 5.69 Å². The summed E-state index contributed by atoms with van der Waals surface area (Å²) in [7, 11) is 0. The van der Waals surface area contributed by atoms with Crippen molar-refractivity contribution in [2.45, 2.75) is 12.8 Å². The molecular weight excluding hydrogens is 442 g/mol. The summed E-state index contributed by atoms with van der Waals surface area (Å²) in [5.74, 6) is -0.234. The molecule has 0 aliphatic carbocycles. The zero-order chi connectivity index (χ0) is 23.0. The molecule has 3 aromatic carbocycles. The van der Waals surface area contributed by atoms with Crippen molar-refractivity contribution in [3.8, 4) is 22.5 Å². The Bertz CT molecular complexity index is 1220. The Labute approximate surface area is 195 Å². The minimum atomic E-state index is -0.532. The second-order valence-electron chi connectivity index (χ2n) is 7.17. The van der Waals surface area contributed by atoms with E-state index in [4.69, 9.17) is 20.9 Å². The van der Waals surface area contributed by atoms with Crippen LogP contribution in [0.5, 0.6) is 0 Å². The highest BCUT2D eigenvalue weighted by Gasteiger charge is 2.13. The normalized spacial score (nSPS) is 10.6. The van der Waals surface area contributed by atoms with Crippen molar-refractivity contribution in [2.24, 2.45) is 0 Å². The number of hydrogen-bond donors (Lipinski definition) is 1. The third-order valence-electron chi connectivity index (χ3n) is 4.75. The SMILES string of the molecule is O=C(COC(=O)CCc1nc(-c2ccc(Cl)cc2)no1)Nc1ccc(-c2ccccc2)cc1. The molecule has 1 amide bonds. The first-order valence-corrected chi connectivity index (χ1v) is 10.6. The van der Waals surface area contributed by atoms with Crippen LogP contribution in [0.15, 0.2) is 83.4 Å². The Morgan fingerprint density at radius 3 is 2.27 bits per heavy atom. The molecule has 0 bridgehead atoms. The maximum Gasteiger partial charge on any atom is 0.306 e. The molecule has 0 aliphatic rings. The van der Waals surface area contributed by atoms with Crippen molar-refractivity contribution < 1.29 is 18.8 Å². The van der Waals surface area contributed by atoms with Gasteiger partial charge in [-0.1, -0.05) is 59.2 Å². The molecule has 4 rings (SSSR count). The first kappa shape index (κ1) is 22.2. The zero-order valence-electron chi connectivity index (χ0n) is 17.5. The number of halogens is 1. The van der Waals surface area contributed by atoms with Crippen LogP contribution in [0.2, 0.25) is 5.02 Å². The number of benzene rings is 3. The molecule has 0 saturated heterocycles. The Kier molecular flexibility index (Phi) is 7.12. The number of amides is 1. The van der Waals surface area contributed by atoms with E-state index < -0.39 is 11.9 Å². The molecule has 0 aliphatic heterocycles. The molecule has 0 saturated carbocycles. The fourth-order valence-corrected chi connectivity index (χ4v) is 3.20. The van der Waals surface area contributed by atoms with Crippen molar-refractivity contribution >= 4 is 29.2 Å². The second kappa shape index (κ2) is 10.6. The highest BCUT2D eigenvalue weighted by Crippen LogP contribution is 2.21. The number of aryl methyl sites for hydroxylation is 1. The standard InChI is InChI=1S/C25H20ClN3O4/c26-20-10-6-19(7-11-20)25-28-23(33-29-25)14-15-24(31)32-16-22(30)27-21-12-8-18(9-13-21)17-4-2-1-3-5-17/h1-13H,14-16H2,(H,27,30). The van der Waals surface area contributed by atoms with Crippen molar-refractivity contribution in [3.63, 3.8) is 0 Å². The summed E-state index contributed by atoms with van der Waals surface area (Å²) in [6, 6.07) is 24.4. The van der Waals surface area contributed by atoms with Crippen LogP contribution in [-0.4, -0.2) is 28.6 Å². The van der Waals surface area contributed by atoms with Crippen LogP contribution in [0, 0.1) is 0 Å². The molecule has 0 fully saturated rings. The molecule has 166 valence electrons. The predicted molar refractivity (Wildman–Crippen MR) is 125 cm³/mol. The van der Waals surface area contributed by atoms with Gasteiger partial charge in [-0.15, -0.1) is 0 Å². The van der Waals surface area contributed by atoms with Crippen molar-refractivity contribution in [1.82, 2.24) is 10.1 Å². The van der Waals surface area contributed by atoms with Crippen LogP contribution >= 0.6 is 11.6 Å². The van der Waals surface area contributed by atoms with Gasteiger partial charge in [-0.3, -0.25) is 9.59 Å². The second-order valence-corrected chi connectivity index (χ2v) is 7.61. The number of carbonyl (C=O) groups excluding carboxylic acids is 2. The minimum Gasteiger partial charge on any atom is -0.456 e. The molecule has 0 atom stereocenters. The van der Waals surface area contributed by atoms with E-state index in [9.17, 15) is 9.59 Å². The third-order valence-corrected chi connectivity index (χ3v) is 5.01. The molecule has 1 heterocycles. The van der Waals surface area contributed by atoms with E-state index in [0.29, 0.717) is 22.4 Å². The zero-order valence-corrected chi connectivity index (χ0v) is 18.3. The number of aromatic nitrogens is 2. The third kappa shape index (κ3) is 6.27. The predicted octanol–water partition coefficient (Wildman–Crippen LogP) is 5.17. The topological polar surface area (TPSA) is 94.3 Å². The molecule has 0 radical (unpaired) electrons. The van der Waals surface area contributed by atoms with Crippen molar-refractivity contribution in [2.75, 3.05) is 11.9 Å². The lowest BCUT2D eigenvalue weighted by Gasteiger charge is -2.07. The first-order chi connectivity index (χ1) is 16.1. The number of rotatable bonds is 8. The fourth-order valence-electron chi connectivity index (χ4n) is 3.07. The average molecular weight is 462 g/mol. The lowest BCUT2D eigenvalue weighted by Crippen LogP contribution is -2.21.